The van der Waals surface area contributed by atoms with E-state index in [9.17, 15) is 4.79 Å². The number of amides is 1. The number of anilines is 2. The number of methoxy groups -OCH3 is 1. The maximum absolute atomic E-state index is 12.4. The highest BCUT2D eigenvalue weighted by Gasteiger charge is 2.09. The highest BCUT2D eigenvalue weighted by atomic mass is 16.5. The lowest BCUT2D eigenvalue weighted by molar-refractivity contribution is 0.0946. The van der Waals surface area contributed by atoms with E-state index in [1.165, 1.54) is 0 Å². The van der Waals surface area contributed by atoms with Crippen LogP contribution in [-0.2, 0) is 6.54 Å². The fourth-order valence-electron chi connectivity index (χ4n) is 2.58. The molecule has 0 atom stereocenters. The monoisotopic (exact) mass is 347 g/mol. The quantitative estimate of drug-likeness (QED) is 0.705. The van der Waals surface area contributed by atoms with E-state index in [0.717, 1.165) is 28.3 Å². The molecule has 0 saturated carbocycles. The van der Waals surface area contributed by atoms with E-state index < -0.39 is 0 Å². The molecule has 0 aliphatic carbocycles. The molecule has 0 aliphatic heterocycles. The third-order valence-corrected chi connectivity index (χ3v) is 3.92. The summed E-state index contributed by atoms with van der Waals surface area (Å²) in [5.74, 6) is 0.524. The van der Waals surface area contributed by atoms with Crippen LogP contribution >= 0.6 is 0 Å². The molecule has 2 aromatic carbocycles. The van der Waals surface area contributed by atoms with E-state index in [1.807, 2.05) is 61.5 Å². The first kappa shape index (κ1) is 17.5. The maximum Gasteiger partial charge on any atom is 0.270 e. The van der Waals surface area contributed by atoms with Crippen molar-refractivity contribution in [3.05, 3.63) is 83.7 Å². The molecule has 0 saturated heterocycles. The van der Waals surface area contributed by atoms with Crippen LogP contribution in [0.5, 0.6) is 5.75 Å². The topological polar surface area (TPSA) is 63.2 Å². The molecule has 1 heterocycles. The minimum absolute atomic E-state index is 0.214. The first-order chi connectivity index (χ1) is 12.7. The third-order valence-electron chi connectivity index (χ3n) is 3.92. The number of rotatable bonds is 6. The number of aromatic nitrogens is 1. The number of aryl methyl sites for hydroxylation is 1. The summed E-state index contributed by atoms with van der Waals surface area (Å²) in [7, 11) is 1.63. The summed E-state index contributed by atoms with van der Waals surface area (Å²) >= 11 is 0. The van der Waals surface area contributed by atoms with Crippen molar-refractivity contribution in [3.63, 3.8) is 0 Å². The molecule has 0 radical (unpaired) electrons. The minimum atomic E-state index is -0.214. The summed E-state index contributed by atoms with van der Waals surface area (Å²) in [6, 6.07) is 19.2. The summed E-state index contributed by atoms with van der Waals surface area (Å²) in [6.07, 6.45) is 1.61. The van der Waals surface area contributed by atoms with Gasteiger partial charge in [0.15, 0.2) is 0 Å². The van der Waals surface area contributed by atoms with Crippen LogP contribution < -0.4 is 15.4 Å². The molecule has 5 heteroatoms. The Morgan fingerprint density at radius 3 is 2.65 bits per heavy atom. The van der Waals surface area contributed by atoms with Gasteiger partial charge in [-0.05, 0) is 42.3 Å². The van der Waals surface area contributed by atoms with Crippen LogP contribution in [0.1, 0.15) is 21.6 Å². The average Bonchev–Trinajstić information content (AvgIpc) is 2.67. The Morgan fingerprint density at radius 2 is 1.88 bits per heavy atom. The van der Waals surface area contributed by atoms with Gasteiger partial charge in [0.25, 0.3) is 5.91 Å². The van der Waals surface area contributed by atoms with Gasteiger partial charge in [0.1, 0.15) is 11.4 Å². The van der Waals surface area contributed by atoms with E-state index in [4.69, 9.17) is 4.74 Å². The Labute approximate surface area is 153 Å². The van der Waals surface area contributed by atoms with Crippen molar-refractivity contribution in [2.24, 2.45) is 0 Å². The molecule has 26 heavy (non-hydrogen) atoms. The van der Waals surface area contributed by atoms with Gasteiger partial charge in [-0.15, -0.1) is 0 Å². The molecule has 0 unspecified atom stereocenters. The first-order valence-electron chi connectivity index (χ1n) is 8.35. The van der Waals surface area contributed by atoms with Crippen LogP contribution in [0.3, 0.4) is 0 Å². The third kappa shape index (κ3) is 4.39. The van der Waals surface area contributed by atoms with Crippen LogP contribution in [0.4, 0.5) is 11.4 Å². The van der Waals surface area contributed by atoms with Gasteiger partial charge in [-0.3, -0.25) is 9.78 Å². The second kappa shape index (κ2) is 8.16. The van der Waals surface area contributed by atoms with Crippen LogP contribution in [-0.4, -0.2) is 18.0 Å². The number of hydrogen-bond acceptors (Lipinski definition) is 4. The number of nitrogens with one attached hydrogen (secondary N) is 2. The highest BCUT2D eigenvalue weighted by molar-refractivity contribution is 5.93. The number of carbonyl (C=O) groups is 1. The zero-order chi connectivity index (χ0) is 18.4. The van der Waals surface area contributed by atoms with Gasteiger partial charge in [-0.25, -0.2) is 0 Å². The average molecular weight is 347 g/mol. The smallest absolute Gasteiger partial charge is 0.270 e. The summed E-state index contributed by atoms with van der Waals surface area (Å²) in [5.41, 5.74) is 4.13. The zero-order valence-corrected chi connectivity index (χ0v) is 14.8. The standard InChI is InChI=1S/C21H21N3O2/c1-15-8-9-20(26-2)18(12-15)24-17-10-11-22-19(13-17)21(25)23-14-16-6-4-3-5-7-16/h3-13H,14H2,1-2H3,(H,22,24)(H,23,25). The van der Waals surface area contributed by atoms with Crippen molar-refractivity contribution in [2.45, 2.75) is 13.5 Å². The molecule has 0 bridgehead atoms. The molecule has 2 N–H and O–H groups in total. The fraction of sp³-hybridized carbons (Fsp3) is 0.143. The Hall–Kier alpha value is -3.34. The Morgan fingerprint density at radius 1 is 1.08 bits per heavy atom. The Bertz CT molecular complexity index is 895. The molecule has 3 aromatic rings. The highest BCUT2D eigenvalue weighted by Crippen LogP contribution is 2.28. The van der Waals surface area contributed by atoms with Crippen molar-refractivity contribution in [1.29, 1.82) is 0 Å². The minimum Gasteiger partial charge on any atom is -0.495 e. The van der Waals surface area contributed by atoms with Crippen LogP contribution in [0.25, 0.3) is 0 Å². The molecule has 0 fully saturated rings. The number of hydrogen-bond donors (Lipinski definition) is 2. The van der Waals surface area contributed by atoms with Crippen molar-refractivity contribution in [1.82, 2.24) is 10.3 Å². The summed E-state index contributed by atoms with van der Waals surface area (Å²) < 4.78 is 5.38. The normalized spacial score (nSPS) is 10.2. The lowest BCUT2D eigenvalue weighted by Crippen LogP contribution is -2.23. The first-order valence-corrected chi connectivity index (χ1v) is 8.35. The number of benzene rings is 2. The molecular weight excluding hydrogens is 326 g/mol. The van der Waals surface area contributed by atoms with E-state index in [1.54, 1.807) is 19.4 Å². The van der Waals surface area contributed by atoms with Crippen LogP contribution in [0.15, 0.2) is 66.9 Å². The number of ether oxygens (including phenoxy) is 1. The molecule has 3 rings (SSSR count). The number of carbonyl (C=O) groups excluding carboxylic acids is 1. The van der Waals surface area contributed by atoms with Crippen LogP contribution in [0.2, 0.25) is 0 Å². The largest absolute Gasteiger partial charge is 0.495 e. The van der Waals surface area contributed by atoms with Crippen molar-refractivity contribution < 1.29 is 9.53 Å². The predicted molar refractivity (Wildman–Crippen MR) is 103 cm³/mol. The number of nitrogens with zero attached hydrogens (tertiary/aromatic N) is 1. The van der Waals surface area contributed by atoms with Gasteiger partial charge < -0.3 is 15.4 Å². The second-order valence-electron chi connectivity index (χ2n) is 5.93. The molecule has 1 aromatic heterocycles. The lowest BCUT2D eigenvalue weighted by atomic mass is 10.2. The summed E-state index contributed by atoms with van der Waals surface area (Å²) in [6.45, 7) is 2.48. The van der Waals surface area contributed by atoms with Gasteiger partial charge in [-0.2, -0.15) is 0 Å². The Kier molecular flexibility index (Phi) is 5.49. The van der Waals surface area contributed by atoms with E-state index in [2.05, 4.69) is 15.6 Å². The second-order valence-corrected chi connectivity index (χ2v) is 5.93. The van der Waals surface area contributed by atoms with Gasteiger partial charge in [0.2, 0.25) is 0 Å². The summed E-state index contributed by atoms with van der Waals surface area (Å²) in [5, 5.41) is 6.17. The van der Waals surface area contributed by atoms with Gasteiger partial charge in [0, 0.05) is 18.4 Å². The van der Waals surface area contributed by atoms with Gasteiger partial charge in [0.05, 0.1) is 12.8 Å². The molecule has 132 valence electrons. The van der Waals surface area contributed by atoms with Gasteiger partial charge in [-0.1, -0.05) is 36.4 Å². The van der Waals surface area contributed by atoms with E-state index in [0.29, 0.717) is 12.2 Å². The molecule has 5 nitrogen and oxygen atoms in total. The zero-order valence-electron chi connectivity index (χ0n) is 14.8. The van der Waals surface area contributed by atoms with Crippen LogP contribution in [0, 0.1) is 6.92 Å². The predicted octanol–water partition coefficient (Wildman–Crippen LogP) is 4.07. The lowest BCUT2D eigenvalue weighted by Gasteiger charge is -2.12. The van der Waals surface area contributed by atoms with E-state index >= 15 is 0 Å². The van der Waals surface area contributed by atoms with Gasteiger partial charge >= 0.3 is 0 Å². The summed E-state index contributed by atoms with van der Waals surface area (Å²) in [4.78, 5) is 16.5. The SMILES string of the molecule is COc1ccc(C)cc1Nc1ccnc(C(=O)NCc2ccccc2)c1. The maximum atomic E-state index is 12.4. The fourth-order valence-corrected chi connectivity index (χ4v) is 2.58. The van der Waals surface area contributed by atoms with Crippen molar-refractivity contribution >= 4 is 17.3 Å². The molecule has 0 spiro atoms. The molecule has 1 amide bonds. The Balaban J connectivity index is 1.72. The number of pyridine rings is 1. The van der Waals surface area contributed by atoms with E-state index in [-0.39, 0.29) is 5.91 Å². The molecular formula is C21H21N3O2. The van der Waals surface area contributed by atoms with Crippen molar-refractivity contribution in [3.8, 4) is 5.75 Å². The molecule has 0 aliphatic rings. The van der Waals surface area contributed by atoms with Crippen molar-refractivity contribution in [2.75, 3.05) is 12.4 Å².